The summed E-state index contributed by atoms with van der Waals surface area (Å²) in [5.41, 5.74) is 1.13. The molecule has 0 saturated carbocycles. The Hall–Kier alpha value is -1.60. The monoisotopic (exact) mass is 878 g/mol. The number of carbonyl (C=O) groups is 2. The summed E-state index contributed by atoms with van der Waals surface area (Å²) in [6, 6.07) is 4.12. The highest BCUT2D eigenvalue weighted by Gasteiger charge is 2.10. The van der Waals surface area contributed by atoms with Crippen molar-refractivity contribution < 1.29 is 14.3 Å². The lowest BCUT2D eigenvalue weighted by Crippen LogP contribution is -2.25. The second-order valence-electron chi connectivity index (χ2n) is 15.2. The summed E-state index contributed by atoms with van der Waals surface area (Å²) in [5, 5.41) is 6.12. The number of allylic oxidation sites excluding steroid dienone is 4. The van der Waals surface area contributed by atoms with Gasteiger partial charge in [-0.3, -0.25) is 9.59 Å². The van der Waals surface area contributed by atoms with E-state index in [9.17, 15) is 9.59 Å². The largest absolute Gasteiger partial charge is 0.491 e. The fourth-order valence-corrected chi connectivity index (χ4v) is 8.11. The van der Waals surface area contributed by atoms with Gasteiger partial charge in [0.15, 0.2) is 0 Å². The highest BCUT2D eigenvalue weighted by molar-refractivity contribution is 9.11. The lowest BCUT2D eigenvalue weighted by molar-refractivity contribution is -0.122. The first-order valence-electron chi connectivity index (χ1n) is 22.4. The third-order valence-corrected chi connectivity index (χ3v) is 11.2. The van der Waals surface area contributed by atoms with Crippen LogP contribution in [0.1, 0.15) is 206 Å². The highest BCUT2D eigenvalue weighted by atomic mass is 79.9. The molecule has 0 unspecified atom stereocenters. The van der Waals surface area contributed by atoms with Crippen LogP contribution in [0.2, 0.25) is 0 Å². The highest BCUT2D eigenvalue weighted by Crippen LogP contribution is 2.35. The molecule has 1 rings (SSSR count). The molecule has 0 spiro atoms. The lowest BCUT2D eigenvalue weighted by atomic mass is 10.1. The molecule has 54 heavy (non-hydrogen) atoms. The van der Waals surface area contributed by atoms with Crippen LogP contribution in [0.15, 0.2) is 45.4 Å². The molecular weight excluding hydrogens is 800 g/mol. The van der Waals surface area contributed by atoms with Gasteiger partial charge < -0.3 is 15.4 Å². The van der Waals surface area contributed by atoms with Crippen LogP contribution in [0, 0.1) is 0 Å². The van der Waals surface area contributed by atoms with Gasteiger partial charge in [0.2, 0.25) is 11.8 Å². The van der Waals surface area contributed by atoms with Crippen LogP contribution < -0.4 is 15.4 Å². The minimum absolute atomic E-state index is 0.138. The molecule has 0 aromatic heterocycles. The predicted molar refractivity (Wildman–Crippen MR) is 241 cm³/mol. The van der Waals surface area contributed by atoms with E-state index >= 15 is 0 Å². The van der Waals surface area contributed by atoms with Gasteiger partial charge in [-0.15, -0.1) is 0 Å². The van der Waals surface area contributed by atoms with Crippen molar-refractivity contribution in [2.75, 3.05) is 19.7 Å². The molecule has 0 aliphatic heterocycles. The third-order valence-electron chi connectivity index (χ3n) is 10.0. The first kappa shape index (κ1) is 50.4. The standard InChI is InChI=1S/C47H80Br2N2O3/c1-3-5-7-9-11-13-15-17-19-21-23-25-27-29-31-34-45(52)50-37-33-39-54-47-43(48)40-42(41-44(47)49)36-38-51-46(53)35-32-30-28-26-24-22-20-18-16-14-12-10-8-6-4-2/h17-20,40-41H,3-16,21-39H2,1-2H3,(H,50,52)(H,51,53)/b19-17-,20-18-. The zero-order chi connectivity index (χ0) is 39.2. The van der Waals surface area contributed by atoms with Gasteiger partial charge in [-0.2, -0.15) is 0 Å². The fraction of sp³-hybridized carbons (Fsp3) is 0.745. The molecule has 0 atom stereocenters. The molecule has 7 heteroatoms. The molecule has 1 aromatic carbocycles. The lowest BCUT2D eigenvalue weighted by Gasteiger charge is -2.13. The molecule has 0 heterocycles. The molecule has 0 fully saturated rings. The number of carbonyl (C=O) groups excluding carboxylic acids is 2. The van der Waals surface area contributed by atoms with Crippen molar-refractivity contribution in [2.45, 2.75) is 206 Å². The van der Waals surface area contributed by atoms with Crippen molar-refractivity contribution in [3.8, 4) is 5.75 Å². The second kappa shape index (κ2) is 38.3. The Bertz CT molecular complexity index is 1080. The Morgan fingerprint density at radius 3 is 1.31 bits per heavy atom. The van der Waals surface area contributed by atoms with Crippen molar-refractivity contribution >= 4 is 43.7 Å². The average Bonchev–Trinajstić information content (AvgIpc) is 3.15. The maximum atomic E-state index is 12.3. The van der Waals surface area contributed by atoms with E-state index in [-0.39, 0.29) is 11.8 Å². The van der Waals surface area contributed by atoms with Crippen molar-refractivity contribution in [1.29, 1.82) is 0 Å². The Labute approximate surface area is 349 Å². The zero-order valence-corrected chi connectivity index (χ0v) is 38.0. The van der Waals surface area contributed by atoms with Gasteiger partial charge in [-0.05, 0) is 127 Å². The second-order valence-corrected chi connectivity index (χ2v) is 16.9. The summed E-state index contributed by atoms with van der Waals surface area (Å²) in [5.74, 6) is 1.05. The van der Waals surface area contributed by atoms with E-state index in [0.717, 1.165) is 58.8 Å². The van der Waals surface area contributed by atoms with Gasteiger partial charge in [0.05, 0.1) is 15.6 Å². The van der Waals surface area contributed by atoms with E-state index in [2.05, 4.69) is 92.8 Å². The maximum Gasteiger partial charge on any atom is 0.220 e. The number of benzene rings is 1. The number of hydrogen-bond acceptors (Lipinski definition) is 3. The molecule has 2 N–H and O–H groups in total. The molecular formula is C47H80Br2N2O3. The van der Waals surface area contributed by atoms with Gasteiger partial charge in [0.25, 0.3) is 0 Å². The first-order chi connectivity index (χ1) is 26.5. The van der Waals surface area contributed by atoms with Crippen molar-refractivity contribution in [3.63, 3.8) is 0 Å². The third kappa shape index (κ3) is 31.6. The maximum absolute atomic E-state index is 12.3. The molecule has 0 aliphatic rings. The Kier molecular flexibility index (Phi) is 35.7. The molecule has 310 valence electrons. The average molecular weight is 881 g/mol. The number of amides is 2. The van der Waals surface area contributed by atoms with Crippen LogP contribution in [0.3, 0.4) is 0 Å². The van der Waals surface area contributed by atoms with Gasteiger partial charge in [-0.25, -0.2) is 0 Å². The van der Waals surface area contributed by atoms with E-state index in [1.807, 2.05) is 0 Å². The van der Waals surface area contributed by atoms with Crippen molar-refractivity contribution in [3.05, 3.63) is 50.9 Å². The summed E-state index contributed by atoms with van der Waals surface area (Å²) >= 11 is 7.31. The van der Waals surface area contributed by atoms with Gasteiger partial charge in [0, 0.05) is 25.9 Å². The first-order valence-corrected chi connectivity index (χ1v) is 24.0. The van der Waals surface area contributed by atoms with Crippen molar-refractivity contribution in [2.24, 2.45) is 0 Å². The molecule has 2 amide bonds. The van der Waals surface area contributed by atoms with Gasteiger partial charge in [0.1, 0.15) is 5.75 Å². The normalized spacial score (nSPS) is 11.6. The number of rotatable bonds is 38. The number of halogens is 2. The van der Waals surface area contributed by atoms with Crippen LogP contribution in [-0.4, -0.2) is 31.5 Å². The summed E-state index contributed by atoms with van der Waals surface area (Å²) in [6.07, 6.45) is 45.0. The van der Waals surface area contributed by atoms with Crippen LogP contribution in [-0.2, 0) is 16.0 Å². The fourth-order valence-electron chi connectivity index (χ4n) is 6.60. The van der Waals surface area contributed by atoms with Gasteiger partial charge in [-0.1, -0.05) is 141 Å². The molecule has 0 saturated heterocycles. The number of ether oxygens (including phenoxy) is 1. The number of nitrogens with one attached hydrogen (secondary N) is 2. The molecule has 1 aromatic rings. The smallest absolute Gasteiger partial charge is 0.220 e. The topological polar surface area (TPSA) is 67.4 Å². The van der Waals surface area contributed by atoms with Crippen LogP contribution in [0.4, 0.5) is 0 Å². The Balaban J connectivity index is 2.01. The summed E-state index contributed by atoms with van der Waals surface area (Å²) in [7, 11) is 0. The van der Waals surface area contributed by atoms with Crippen LogP contribution >= 0.6 is 31.9 Å². The Morgan fingerprint density at radius 1 is 0.519 bits per heavy atom. The molecule has 0 bridgehead atoms. The number of unbranched alkanes of at least 4 members (excludes halogenated alkanes) is 22. The summed E-state index contributed by atoms with van der Waals surface area (Å²) in [4.78, 5) is 24.6. The van der Waals surface area contributed by atoms with E-state index in [1.165, 1.54) is 141 Å². The minimum atomic E-state index is 0.138. The van der Waals surface area contributed by atoms with Crippen LogP contribution in [0.25, 0.3) is 0 Å². The summed E-state index contributed by atoms with van der Waals surface area (Å²) < 4.78 is 7.81. The van der Waals surface area contributed by atoms with E-state index in [0.29, 0.717) is 32.5 Å². The molecule has 0 aliphatic carbocycles. The van der Waals surface area contributed by atoms with E-state index in [1.54, 1.807) is 0 Å². The number of hydrogen-bond donors (Lipinski definition) is 2. The van der Waals surface area contributed by atoms with Crippen LogP contribution in [0.5, 0.6) is 5.75 Å². The zero-order valence-electron chi connectivity index (χ0n) is 34.8. The van der Waals surface area contributed by atoms with E-state index < -0.39 is 0 Å². The molecule has 5 nitrogen and oxygen atoms in total. The molecule has 0 radical (unpaired) electrons. The minimum Gasteiger partial charge on any atom is -0.491 e. The SMILES string of the molecule is CCCCCCCC/C=C\CCCCCCCC(=O)NCCCOc1c(Br)cc(CCNC(=O)CCCCCCC/C=C\CCCCCCCC)cc1Br. The Morgan fingerprint density at radius 2 is 0.889 bits per heavy atom. The predicted octanol–water partition coefficient (Wildman–Crippen LogP) is 14.8. The van der Waals surface area contributed by atoms with Gasteiger partial charge >= 0.3 is 0 Å². The van der Waals surface area contributed by atoms with E-state index in [4.69, 9.17) is 4.74 Å². The summed E-state index contributed by atoms with van der Waals surface area (Å²) in [6.45, 7) is 6.31. The quantitative estimate of drug-likeness (QED) is 0.0514. The van der Waals surface area contributed by atoms with Crippen molar-refractivity contribution in [1.82, 2.24) is 10.6 Å².